The maximum absolute atomic E-state index is 12.7. The molecule has 1 unspecified atom stereocenters. The van der Waals surface area contributed by atoms with Crippen molar-refractivity contribution in [3.05, 3.63) is 63.4 Å². The summed E-state index contributed by atoms with van der Waals surface area (Å²) in [5.41, 5.74) is 1.77. The quantitative estimate of drug-likeness (QED) is 0.495. The topological polar surface area (TPSA) is 57.6 Å². The predicted octanol–water partition coefficient (Wildman–Crippen LogP) is 4.28. The van der Waals surface area contributed by atoms with Crippen molar-refractivity contribution >= 4 is 28.8 Å². The average Bonchev–Trinajstić information content (AvgIpc) is 3.15. The van der Waals surface area contributed by atoms with Crippen molar-refractivity contribution in [3.8, 4) is 0 Å². The molecule has 0 spiro atoms. The van der Waals surface area contributed by atoms with Gasteiger partial charge in [0, 0.05) is 17.0 Å². The van der Waals surface area contributed by atoms with Crippen LogP contribution in [0.25, 0.3) is 5.76 Å². The molecular weight excluding hydrogens is 334 g/mol. The molecule has 0 radical (unpaired) electrons. The lowest BCUT2D eigenvalue weighted by molar-refractivity contribution is -0.139. The van der Waals surface area contributed by atoms with E-state index in [9.17, 15) is 14.7 Å². The lowest BCUT2D eigenvalue weighted by Crippen LogP contribution is -2.30. The Morgan fingerprint density at radius 3 is 2.52 bits per heavy atom. The number of unbranched alkanes of at least 4 members (excludes halogenated alkanes) is 1. The Morgan fingerprint density at radius 1 is 1.20 bits per heavy atom. The molecule has 3 rings (SSSR count). The second-order valence-electron chi connectivity index (χ2n) is 6.18. The van der Waals surface area contributed by atoms with Gasteiger partial charge in [0.25, 0.3) is 11.7 Å². The van der Waals surface area contributed by atoms with Gasteiger partial charge in [0.15, 0.2) is 0 Å². The summed E-state index contributed by atoms with van der Waals surface area (Å²) in [6.07, 6.45) is 1.75. The van der Waals surface area contributed by atoms with Gasteiger partial charge in [-0.2, -0.15) is 0 Å². The van der Waals surface area contributed by atoms with Crippen molar-refractivity contribution in [2.75, 3.05) is 6.54 Å². The SMILES string of the molecule is CCCCN1C(=O)C(=O)/C(=C(\O)c2ccccc2)C1c1sccc1C. The number of ketones is 1. The van der Waals surface area contributed by atoms with Crippen molar-refractivity contribution in [1.82, 2.24) is 4.90 Å². The summed E-state index contributed by atoms with van der Waals surface area (Å²) in [4.78, 5) is 27.9. The number of carbonyl (C=O) groups excluding carboxylic acids is 2. The number of aliphatic hydroxyl groups excluding tert-OH is 1. The molecule has 5 heteroatoms. The second kappa shape index (κ2) is 7.23. The van der Waals surface area contributed by atoms with Gasteiger partial charge in [-0.25, -0.2) is 0 Å². The molecule has 0 aliphatic carbocycles. The number of benzene rings is 1. The molecule has 2 heterocycles. The van der Waals surface area contributed by atoms with Crippen LogP contribution in [0.3, 0.4) is 0 Å². The summed E-state index contributed by atoms with van der Waals surface area (Å²) in [6, 6.07) is 10.4. The van der Waals surface area contributed by atoms with Crippen LogP contribution >= 0.6 is 11.3 Å². The van der Waals surface area contributed by atoms with Crippen molar-refractivity contribution < 1.29 is 14.7 Å². The van der Waals surface area contributed by atoms with E-state index in [4.69, 9.17) is 0 Å². The summed E-state index contributed by atoms with van der Waals surface area (Å²) in [6.45, 7) is 4.52. The van der Waals surface area contributed by atoms with E-state index in [1.807, 2.05) is 31.4 Å². The van der Waals surface area contributed by atoms with Crippen molar-refractivity contribution in [2.45, 2.75) is 32.7 Å². The first kappa shape index (κ1) is 17.4. The van der Waals surface area contributed by atoms with E-state index in [-0.39, 0.29) is 11.3 Å². The summed E-state index contributed by atoms with van der Waals surface area (Å²) in [5.74, 6) is -1.23. The number of hydrogen-bond acceptors (Lipinski definition) is 4. The Kier molecular flexibility index (Phi) is 5.04. The molecule has 1 aromatic carbocycles. The first-order valence-electron chi connectivity index (χ1n) is 8.44. The van der Waals surface area contributed by atoms with E-state index in [0.717, 1.165) is 23.3 Å². The van der Waals surface area contributed by atoms with Gasteiger partial charge in [0.2, 0.25) is 0 Å². The molecule has 25 heavy (non-hydrogen) atoms. The highest BCUT2D eigenvalue weighted by Gasteiger charge is 2.46. The molecular formula is C20H21NO3S. The minimum absolute atomic E-state index is 0.101. The van der Waals surface area contributed by atoms with Crippen LogP contribution in [0.5, 0.6) is 0 Å². The number of aryl methyl sites for hydroxylation is 1. The van der Waals surface area contributed by atoms with Crippen LogP contribution in [0.1, 0.15) is 41.8 Å². The van der Waals surface area contributed by atoms with Crippen LogP contribution in [0.2, 0.25) is 0 Å². The van der Waals surface area contributed by atoms with Gasteiger partial charge in [-0.05, 0) is 30.4 Å². The van der Waals surface area contributed by atoms with Gasteiger partial charge in [-0.3, -0.25) is 9.59 Å². The largest absolute Gasteiger partial charge is 0.507 e. The zero-order chi connectivity index (χ0) is 18.0. The number of aliphatic hydroxyl groups is 1. The van der Waals surface area contributed by atoms with E-state index in [0.29, 0.717) is 12.1 Å². The molecule has 1 amide bonds. The maximum atomic E-state index is 12.7. The highest BCUT2D eigenvalue weighted by atomic mass is 32.1. The van der Waals surface area contributed by atoms with Crippen LogP contribution in [0, 0.1) is 6.92 Å². The Hall–Kier alpha value is -2.40. The Morgan fingerprint density at radius 2 is 1.92 bits per heavy atom. The van der Waals surface area contributed by atoms with Crippen molar-refractivity contribution in [2.24, 2.45) is 0 Å². The molecule has 1 atom stereocenters. The van der Waals surface area contributed by atoms with Crippen LogP contribution in [-0.2, 0) is 9.59 Å². The molecule has 2 aromatic rings. The summed E-state index contributed by atoms with van der Waals surface area (Å²) in [5, 5.41) is 12.7. The monoisotopic (exact) mass is 355 g/mol. The van der Waals surface area contributed by atoms with Crippen LogP contribution in [-0.4, -0.2) is 28.2 Å². The molecule has 1 aliphatic rings. The Balaban J connectivity index is 2.16. The van der Waals surface area contributed by atoms with E-state index < -0.39 is 17.7 Å². The number of likely N-dealkylation sites (tertiary alicyclic amines) is 1. The average molecular weight is 355 g/mol. The smallest absolute Gasteiger partial charge is 0.295 e. The van der Waals surface area contributed by atoms with Crippen LogP contribution in [0.15, 0.2) is 47.4 Å². The van der Waals surface area contributed by atoms with Gasteiger partial charge < -0.3 is 10.0 Å². The molecule has 0 saturated carbocycles. The van der Waals surface area contributed by atoms with E-state index >= 15 is 0 Å². The molecule has 4 nitrogen and oxygen atoms in total. The third kappa shape index (κ3) is 3.12. The highest BCUT2D eigenvalue weighted by Crippen LogP contribution is 2.42. The normalized spacial score (nSPS) is 19.6. The number of amides is 1. The molecule has 1 fully saturated rings. The van der Waals surface area contributed by atoms with Crippen LogP contribution < -0.4 is 0 Å². The fourth-order valence-corrected chi connectivity index (χ4v) is 4.17. The van der Waals surface area contributed by atoms with Crippen molar-refractivity contribution in [1.29, 1.82) is 0 Å². The van der Waals surface area contributed by atoms with Gasteiger partial charge in [-0.15, -0.1) is 11.3 Å². The predicted molar refractivity (Wildman–Crippen MR) is 99.4 cm³/mol. The maximum Gasteiger partial charge on any atom is 0.295 e. The zero-order valence-electron chi connectivity index (χ0n) is 14.4. The fraction of sp³-hybridized carbons (Fsp3) is 0.300. The third-order valence-corrected chi connectivity index (χ3v) is 5.56. The van der Waals surface area contributed by atoms with Gasteiger partial charge in [-0.1, -0.05) is 43.7 Å². The third-order valence-electron chi connectivity index (χ3n) is 4.49. The number of carbonyl (C=O) groups is 2. The fourth-order valence-electron chi connectivity index (χ4n) is 3.13. The summed E-state index contributed by atoms with van der Waals surface area (Å²) >= 11 is 1.51. The molecule has 130 valence electrons. The summed E-state index contributed by atoms with van der Waals surface area (Å²) < 4.78 is 0. The lowest BCUT2D eigenvalue weighted by atomic mass is 9.98. The molecule has 1 aromatic heterocycles. The number of hydrogen-bond donors (Lipinski definition) is 1. The van der Waals surface area contributed by atoms with E-state index in [1.165, 1.54) is 11.3 Å². The number of rotatable bonds is 5. The van der Waals surface area contributed by atoms with E-state index in [2.05, 4.69) is 0 Å². The second-order valence-corrected chi connectivity index (χ2v) is 7.13. The summed E-state index contributed by atoms with van der Waals surface area (Å²) in [7, 11) is 0. The van der Waals surface area contributed by atoms with Gasteiger partial charge in [0.1, 0.15) is 5.76 Å². The first-order chi connectivity index (χ1) is 12.1. The molecule has 1 N–H and O–H groups in total. The number of Topliss-reactive ketones (excluding diaryl/α,β-unsaturated/α-hetero) is 1. The molecule has 1 saturated heterocycles. The van der Waals surface area contributed by atoms with Crippen molar-refractivity contribution in [3.63, 3.8) is 0 Å². The standard InChI is InChI=1S/C20H21NO3S/c1-3-4-11-21-16(19-13(2)10-12-25-19)15(18(23)20(21)24)17(22)14-8-6-5-7-9-14/h5-10,12,16,22H,3-4,11H2,1-2H3/b17-15-. The zero-order valence-corrected chi connectivity index (χ0v) is 15.2. The molecule has 1 aliphatic heterocycles. The van der Waals surface area contributed by atoms with Gasteiger partial charge in [0.05, 0.1) is 11.6 Å². The minimum atomic E-state index is -0.602. The lowest BCUT2D eigenvalue weighted by Gasteiger charge is -2.24. The van der Waals surface area contributed by atoms with Gasteiger partial charge >= 0.3 is 0 Å². The van der Waals surface area contributed by atoms with Crippen LogP contribution in [0.4, 0.5) is 0 Å². The number of nitrogens with zero attached hydrogens (tertiary/aromatic N) is 1. The van der Waals surface area contributed by atoms with E-state index in [1.54, 1.807) is 29.2 Å². The number of thiophene rings is 1. The Labute approximate surface area is 151 Å². The molecule has 0 bridgehead atoms. The highest BCUT2D eigenvalue weighted by molar-refractivity contribution is 7.10. The Bertz CT molecular complexity index is 822. The first-order valence-corrected chi connectivity index (χ1v) is 9.32. The minimum Gasteiger partial charge on any atom is -0.507 e.